The summed E-state index contributed by atoms with van der Waals surface area (Å²) in [6.45, 7) is 1.44. The summed E-state index contributed by atoms with van der Waals surface area (Å²) in [7, 11) is 0.943. The summed E-state index contributed by atoms with van der Waals surface area (Å²) in [6, 6.07) is 5.90. The highest BCUT2D eigenvalue weighted by Crippen LogP contribution is 2.20. The number of hydrogen-bond acceptors (Lipinski definition) is 9. The highest BCUT2D eigenvalue weighted by molar-refractivity contribution is 7.89. The molecule has 0 spiro atoms. The molecule has 0 radical (unpaired) electrons. The van der Waals surface area contributed by atoms with E-state index in [4.69, 9.17) is 10.7 Å². The van der Waals surface area contributed by atoms with Crippen molar-refractivity contribution in [3.63, 3.8) is 0 Å². The van der Waals surface area contributed by atoms with Crippen molar-refractivity contribution in [2.24, 2.45) is 7.05 Å². The van der Waals surface area contributed by atoms with Gasteiger partial charge in [-0.3, -0.25) is 18.8 Å². The number of benzene rings is 1. The van der Waals surface area contributed by atoms with Crippen LogP contribution in [0.3, 0.4) is 0 Å². The summed E-state index contributed by atoms with van der Waals surface area (Å²) < 4.78 is 30.6. The number of carbonyl (C=O) groups excluding carboxylic acids is 1. The summed E-state index contributed by atoms with van der Waals surface area (Å²) >= 11 is 0. The largest absolute Gasteiger partial charge is 0.381 e. The van der Waals surface area contributed by atoms with Crippen LogP contribution in [0.4, 0.5) is 5.82 Å². The minimum absolute atomic E-state index is 0.0174. The number of nitrogens with one attached hydrogen (secondary N) is 1. The first kappa shape index (κ1) is 28.5. The molecule has 15 heteroatoms. The molecule has 14 nitrogen and oxygen atoms in total. The molecule has 0 aliphatic carbocycles. The summed E-state index contributed by atoms with van der Waals surface area (Å²) in [4.78, 5) is 36.2. The lowest BCUT2D eigenvalue weighted by Gasteiger charge is -2.20. The number of sulfonamides is 1. The Bertz CT molecular complexity index is 2070. The average molecular weight is 589 g/mol. The maximum Gasteiger partial charge on any atom is 0.262 e. The van der Waals surface area contributed by atoms with Crippen molar-refractivity contribution in [2.45, 2.75) is 19.5 Å². The molecule has 5 rings (SSSR count). The molecule has 0 fully saturated rings. The molecule has 0 saturated heterocycles. The number of fused-ring (bicyclic) bond motifs is 2. The Morgan fingerprint density at radius 3 is 2.71 bits per heavy atom. The minimum atomic E-state index is -3.67. The lowest BCUT2D eigenvalue weighted by Crippen LogP contribution is -2.36. The molecule has 42 heavy (non-hydrogen) atoms. The van der Waals surface area contributed by atoms with Crippen molar-refractivity contribution in [3.8, 4) is 11.8 Å². The van der Waals surface area contributed by atoms with Crippen LogP contribution < -0.4 is 16.6 Å². The van der Waals surface area contributed by atoms with Gasteiger partial charge in [-0.15, -0.1) is 5.10 Å². The van der Waals surface area contributed by atoms with Crippen LogP contribution in [0, 0.1) is 11.8 Å². The lowest BCUT2D eigenvalue weighted by molar-refractivity contribution is 0.0939. The van der Waals surface area contributed by atoms with Crippen LogP contribution in [-0.4, -0.2) is 72.4 Å². The first-order valence-corrected chi connectivity index (χ1v) is 14.4. The van der Waals surface area contributed by atoms with Gasteiger partial charge in [0.25, 0.3) is 11.5 Å². The van der Waals surface area contributed by atoms with E-state index >= 15 is 0 Å². The van der Waals surface area contributed by atoms with Gasteiger partial charge in [-0.25, -0.2) is 27.2 Å². The molecule has 0 unspecified atom stereocenters. The Hall–Kier alpha value is -5.07. The fourth-order valence-electron chi connectivity index (χ4n) is 4.40. The number of amides is 1. The molecule has 0 aliphatic rings. The van der Waals surface area contributed by atoms with Crippen LogP contribution in [0.25, 0.3) is 16.6 Å². The molecule has 4 aromatic heterocycles. The Morgan fingerprint density at radius 1 is 1.21 bits per heavy atom. The third kappa shape index (κ3) is 5.45. The molecule has 4 heterocycles. The highest BCUT2D eigenvalue weighted by Gasteiger charge is 2.25. The maximum atomic E-state index is 14.0. The van der Waals surface area contributed by atoms with Crippen molar-refractivity contribution in [2.75, 3.05) is 25.6 Å². The maximum absolute atomic E-state index is 14.0. The van der Waals surface area contributed by atoms with Crippen molar-refractivity contribution in [1.29, 1.82) is 0 Å². The number of nitrogens with two attached hydrogens (primary N) is 1. The second-order valence-electron chi connectivity index (χ2n) is 9.72. The van der Waals surface area contributed by atoms with Gasteiger partial charge < -0.3 is 11.1 Å². The molecule has 0 bridgehead atoms. The standard InChI is InChI=1S/C27H28N10O4S/c1-17(31-26(38)22-23(28)33-37-12-6-11-29-25(22)37)24-32-20-8-5-7-19(10-9-18-15-30-35(4)16-18)21(20)27(39)36(24)13-14-42(40,41)34(2)3/h5-8,11-12,15-17H,13-14H2,1-4H3,(H2,28,33)(H,31,38)/t17-/m0/s1. The van der Waals surface area contributed by atoms with E-state index in [0.717, 1.165) is 4.31 Å². The van der Waals surface area contributed by atoms with Gasteiger partial charge in [0.05, 0.1) is 34.5 Å². The summed E-state index contributed by atoms with van der Waals surface area (Å²) in [6.07, 6.45) is 6.48. The molecule has 216 valence electrons. The quantitative estimate of drug-likeness (QED) is 0.257. The summed E-state index contributed by atoms with van der Waals surface area (Å²) in [5, 5.41) is 11.3. The molecule has 1 amide bonds. The number of aryl methyl sites for hydroxylation is 1. The summed E-state index contributed by atoms with van der Waals surface area (Å²) in [5.41, 5.74) is 7.29. The van der Waals surface area contributed by atoms with Crippen molar-refractivity contribution < 1.29 is 13.2 Å². The van der Waals surface area contributed by atoms with E-state index in [9.17, 15) is 18.0 Å². The second kappa shape index (κ2) is 11.1. The molecular formula is C27H28N10O4S. The van der Waals surface area contributed by atoms with Gasteiger partial charge in [-0.05, 0) is 25.1 Å². The fraction of sp³-hybridized carbons (Fsp3) is 0.259. The number of rotatable bonds is 7. The normalized spacial score (nSPS) is 12.4. The second-order valence-corrected chi connectivity index (χ2v) is 12.0. The SMILES string of the molecule is C[C@H](NC(=O)c1c(N)nn2cccnc12)c1nc2cccc(C#Cc3cnn(C)c3)c2c(=O)n1CCS(=O)(=O)N(C)C. The van der Waals surface area contributed by atoms with E-state index in [1.807, 2.05) is 0 Å². The third-order valence-corrected chi connectivity index (χ3v) is 8.38. The smallest absolute Gasteiger partial charge is 0.262 e. The number of hydrogen-bond donors (Lipinski definition) is 2. The van der Waals surface area contributed by atoms with Crippen LogP contribution in [0.5, 0.6) is 0 Å². The molecule has 1 atom stereocenters. The van der Waals surface area contributed by atoms with E-state index in [0.29, 0.717) is 16.6 Å². The Morgan fingerprint density at radius 2 is 2.00 bits per heavy atom. The topological polar surface area (TPSA) is 175 Å². The predicted octanol–water partition coefficient (Wildman–Crippen LogP) is 0.537. The van der Waals surface area contributed by atoms with Gasteiger partial charge in [0.15, 0.2) is 11.5 Å². The molecule has 1 aromatic carbocycles. The van der Waals surface area contributed by atoms with Crippen LogP contribution in [-0.2, 0) is 23.6 Å². The number of nitrogen functional groups attached to an aromatic ring is 1. The van der Waals surface area contributed by atoms with E-state index in [2.05, 4.69) is 32.3 Å². The van der Waals surface area contributed by atoms with Crippen molar-refractivity contribution >= 4 is 38.3 Å². The van der Waals surface area contributed by atoms with E-state index in [1.165, 1.54) is 29.4 Å². The zero-order chi connectivity index (χ0) is 30.2. The van der Waals surface area contributed by atoms with Crippen LogP contribution in [0.1, 0.15) is 40.3 Å². The average Bonchev–Trinajstić information content (AvgIpc) is 3.52. The van der Waals surface area contributed by atoms with Gasteiger partial charge >= 0.3 is 0 Å². The van der Waals surface area contributed by atoms with Crippen molar-refractivity contribution in [3.05, 3.63) is 81.9 Å². The predicted molar refractivity (Wildman–Crippen MR) is 156 cm³/mol. The van der Waals surface area contributed by atoms with Crippen LogP contribution in [0.2, 0.25) is 0 Å². The number of anilines is 1. The third-order valence-electron chi connectivity index (χ3n) is 6.57. The van der Waals surface area contributed by atoms with Gasteiger partial charge in [-0.2, -0.15) is 5.10 Å². The number of nitrogens with zero attached hydrogens (tertiary/aromatic N) is 8. The van der Waals surface area contributed by atoms with Gasteiger partial charge in [-0.1, -0.05) is 17.9 Å². The van der Waals surface area contributed by atoms with Crippen LogP contribution in [0.15, 0.2) is 53.8 Å². The van der Waals surface area contributed by atoms with Gasteiger partial charge in [0.1, 0.15) is 11.4 Å². The Labute approximate surface area is 240 Å². The monoisotopic (exact) mass is 588 g/mol. The Kier molecular flexibility index (Phi) is 7.50. The van der Waals surface area contributed by atoms with E-state index in [1.54, 1.807) is 61.5 Å². The zero-order valence-corrected chi connectivity index (χ0v) is 24.1. The summed E-state index contributed by atoms with van der Waals surface area (Å²) in [5.74, 6) is 5.21. The number of aromatic nitrogens is 7. The van der Waals surface area contributed by atoms with Crippen LogP contribution >= 0.6 is 0 Å². The van der Waals surface area contributed by atoms with Gasteiger partial charge in [0.2, 0.25) is 10.0 Å². The molecule has 0 aliphatic heterocycles. The van der Waals surface area contributed by atoms with Gasteiger partial charge in [0, 0.05) is 51.8 Å². The first-order valence-electron chi connectivity index (χ1n) is 12.8. The fourth-order valence-corrected chi connectivity index (χ4v) is 5.18. The van der Waals surface area contributed by atoms with Crippen molar-refractivity contribution in [1.82, 2.24) is 43.6 Å². The minimum Gasteiger partial charge on any atom is -0.381 e. The molecular weight excluding hydrogens is 560 g/mol. The molecule has 0 saturated carbocycles. The zero-order valence-electron chi connectivity index (χ0n) is 23.3. The number of carbonyl (C=O) groups is 1. The highest BCUT2D eigenvalue weighted by atomic mass is 32.2. The first-order chi connectivity index (χ1) is 20.0. The Balaban J connectivity index is 1.60. The lowest BCUT2D eigenvalue weighted by atomic mass is 10.1. The molecule has 3 N–H and O–H groups in total. The van der Waals surface area contributed by atoms with E-state index in [-0.39, 0.29) is 40.5 Å². The van der Waals surface area contributed by atoms with E-state index < -0.39 is 27.5 Å². The molecule has 5 aromatic rings.